The average molecular weight is 260 g/mol. The highest BCUT2D eigenvalue weighted by Crippen LogP contribution is 2.31. The number of rotatable bonds is 3. The number of aromatic hydroxyl groups is 1. The fraction of sp³-hybridized carbons (Fsp3) is 0.200. The second kappa shape index (κ2) is 5.28. The molecule has 3 nitrogen and oxygen atoms in total. The van der Waals surface area contributed by atoms with Crippen LogP contribution in [0.25, 0.3) is 0 Å². The third-order valence-electron chi connectivity index (χ3n) is 3.11. The summed E-state index contributed by atoms with van der Waals surface area (Å²) in [6, 6.07) is 11.4. The van der Waals surface area contributed by atoms with Crippen molar-refractivity contribution in [3.8, 4) is 5.75 Å². The van der Waals surface area contributed by atoms with Crippen LogP contribution < -0.4 is 10.6 Å². The Morgan fingerprint density at radius 2 is 1.89 bits per heavy atom. The van der Waals surface area contributed by atoms with Crippen molar-refractivity contribution in [2.24, 2.45) is 5.73 Å². The van der Waals surface area contributed by atoms with E-state index in [2.05, 4.69) is 0 Å². The summed E-state index contributed by atoms with van der Waals surface area (Å²) in [5.74, 6) is -0.184. The fourth-order valence-electron chi connectivity index (χ4n) is 1.99. The van der Waals surface area contributed by atoms with Gasteiger partial charge in [0.25, 0.3) is 0 Å². The molecule has 0 saturated heterocycles. The second-order valence-corrected chi connectivity index (χ2v) is 4.54. The van der Waals surface area contributed by atoms with Crippen LogP contribution in [-0.4, -0.2) is 12.2 Å². The fourth-order valence-corrected chi connectivity index (χ4v) is 1.99. The zero-order valence-electron chi connectivity index (χ0n) is 11.0. The van der Waals surface area contributed by atoms with Gasteiger partial charge in [0.15, 0.2) is 0 Å². The van der Waals surface area contributed by atoms with Crippen molar-refractivity contribution >= 4 is 11.4 Å². The summed E-state index contributed by atoms with van der Waals surface area (Å²) in [4.78, 5) is 1.68. The van der Waals surface area contributed by atoms with Crippen molar-refractivity contribution in [2.45, 2.75) is 13.0 Å². The quantitative estimate of drug-likeness (QED) is 0.890. The molecule has 0 aliphatic rings. The predicted molar refractivity (Wildman–Crippen MR) is 75.2 cm³/mol. The molecule has 100 valence electrons. The molecule has 0 radical (unpaired) electrons. The van der Waals surface area contributed by atoms with E-state index in [1.54, 1.807) is 49.2 Å². The van der Waals surface area contributed by atoms with E-state index >= 15 is 0 Å². The number of halogens is 1. The van der Waals surface area contributed by atoms with Crippen molar-refractivity contribution in [1.82, 2.24) is 0 Å². The molecule has 0 aliphatic carbocycles. The van der Waals surface area contributed by atoms with Crippen molar-refractivity contribution in [3.63, 3.8) is 0 Å². The van der Waals surface area contributed by atoms with Gasteiger partial charge in [-0.25, -0.2) is 4.39 Å². The van der Waals surface area contributed by atoms with Crippen LogP contribution >= 0.6 is 0 Å². The number of benzene rings is 2. The van der Waals surface area contributed by atoms with Gasteiger partial charge < -0.3 is 15.7 Å². The number of phenols is 1. The lowest BCUT2D eigenvalue weighted by Crippen LogP contribution is -2.12. The highest BCUT2D eigenvalue weighted by Gasteiger charge is 2.12. The number of hydrogen-bond donors (Lipinski definition) is 2. The smallest absolute Gasteiger partial charge is 0.146 e. The van der Waals surface area contributed by atoms with Crippen LogP contribution in [0.1, 0.15) is 18.5 Å². The summed E-state index contributed by atoms with van der Waals surface area (Å²) in [7, 11) is 1.75. The van der Waals surface area contributed by atoms with Gasteiger partial charge in [-0.3, -0.25) is 0 Å². The van der Waals surface area contributed by atoms with Crippen LogP contribution in [0.3, 0.4) is 0 Å². The molecule has 0 fully saturated rings. The number of nitrogens with two attached hydrogens (primary N) is 1. The van der Waals surface area contributed by atoms with Gasteiger partial charge >= 0.3 is 0 Å². The Balaban J connectivity index is 2.38. The second-order valence-electron chi connectivity index (χ2n) is 4.54. The molecule has 2 aromatic carbocycles. The van der Waals surface area contributed by atoms with Gasteiger partial charge in [-0.2, -0.15) is 0 Å². The predicted octanol–water partition coefficient (Wildman–Crippen LogP) is 3.32. The van der Waals surface area contributed by atoms with Crippen LogP contribution in [0.15, 0.2) is 42.5 Å². The summed E-state index contributed by atoms with van der Waals surface area (Å²) in [6.07, 6.45) is 0. The number of phenolic OH excluding ortho intramolecular Hbond substituents is 1. The number of anilines is 2. The third kappa shape index (κ3) is 2.69. The summed E-state index contributed by atoms with van der Waals surface area (Å²) in [6.45, 7) is 1.80. The summed E-state index contributed by atoms with van der Waals surface area (Å²) in [5.41, 5.74) is 7.57. The average Bonchev–Trinajstić information content (AvgIpc) is 2.38. The largest absolute Gasteiger partial charge is 0.508 e. The summed E-state index contributed by atoms with van der Waals surface area (Å²) >= 11 is 0. The minimum absolute atomic E-state index is 0.121. The maximum absolute atomic E-state index is 13.7. The van der Waals surface area contributed by atoms with E-state index in [9.17, 15) is 9.50 Å². The molecule has 1 unspecified atom stereocenters. The first kappa shape index (κ1) is 13.4. The molecular formula is C15H17FN2O. The maximum Gasteiger partial charge on any atom is 0.146 e. The normalized spacial score (nSPS) is 12.2. The molecule has 0 saturated carbocycles. The molecular weight excluding hydrogens is 243 g/mol. The van der Waals surface area contributed by atoms with Crippen LogP contribution in [-0.2, 0) is 0 Å². The monoisotopic (exact) mass is 260 g/mol. The lowest BCUT2D eigenvalue weighted by molar-refractivity contribution is 0.464. The van der Waals surface area contributed by atoms with Gasteiger partial charge in [-0.15, -0.1) is 0 Å². The van der Waals surface area contributed by atoms with Crippen molar-refractivity contribution in [2.75, 3.05) is 11.9 Å². The van der Waals surface area contributed by atoms with Crippen molar-refractivity contribution in [1.29, 1.82) is 0 Å². The van der Waals surface area contributed by atoms with Gasteiger partial charge in [0.2, 0.25) is 0 Å². The number of para-hydroxylation sites is 1. The summed E-state index contributed by atoms with van der Waals surface area (Å²) < 4.78 is 13.7. The van der Waals surface area contributed by atoms with Gasteiger partial charge in [-0.1, -0.05) is 18.2 Å². The molecule has 0 amide bonds. The van der Waals surface area contributed by atoms with E-state index in [4.69, 9.17) is 5.73 Å². The molecule has 0 spiro atoms. The van der Waals surface area contributed by atoms with Crippen molar-refractivity contribution in [3.05, 3.63) is 53.8 Å². The van der Waals surface area contributed by atoms with E-state index in [1.807, 2.05) is 6.07 Å². The standard InChI is InChI=1S/C15H17FN2O/c1-10(17)12-8-7-11(9-15(12)19)18(2)14-6-4-3-5-13(14)16/h3-10,19H,17H2,1-2H3. The Morgan fingerprint density at radius 1 is 1.21 bits per heavy atom. The lowest BCUT2D eigenvalue weighted by Gasteiger charge is -2.21. The minimum Gasteiger partial charge on any atom is -0.508 e. The molecule has 1 atom stereocenters. The summed E-state index contributed by atoms with van der Waals surface area (Å²) in [5, 5.41) is 9.93. The molecule has 4 heteroatoms. The van der Waals surface area contributed by atoms with E-state index < -0.39 is 0 Å². The first-order chi connectivity index (χ1) is 9.00. The van der Waals surface area contributed by atoms with E-state index in [-0.39, 0.29) is 17.6 Å². The van der Waals surface area contributed by atoms with Crippen LogP contribution in [0, 0.1) is 5.82 Å². The molecule has 19 heavy (non-hydrogen) atoms. The SMILES string of the molecule is CC(N)c1ccc(N(C)c2ccccc2F)cc1O. The van der Waals surface area contributed by atoms with Crippen molar-refractivity contribution < 1.29 is 9.50 Å². The van der Waals surface area contributed by atoms with Gasteiger partial charge in [-0.05, 0) is 25.1 Å². The minimum atomic E-state index is -0.305. The Morgan fingerprint density at radius 3 is 2.47 bits per heavy atom. The molecule has 0 aromatic heterocycles. The Labute approximate surface area is 112 Å². The molecule has 0 heterocycles. The third-order valence-corrected chi connectivity index (χ3v) is 3.11. The first-order valence-corrected chi connectivity index (χ1v) is 6.07. The van der Waals surface area contributed by atoms with E-state index in [1.165, 1.54) is 6.07 Å². The zero-order chi connectivity index (χ0) is 14.0. The number of hydrogen-bond acceptors (Lipinski definition) is 3. The molecule has 3 N–H and O–H groups in total. The lowest BCUT2D eigenvalue weighted by atomic mass is 10.1. The van der Waals surface area contributed by atoms with Gasteiger partial charge in [0.05, 0.1) is 5.69 Å². The van der Waals surface area contributed by atoms with Gasteiger partial charge in [0, 0.05) is 30.4 Å². The molecule has 2 rings (SSSR count). The number of nitrogens with zero attached hydrogens (tertiary/aromatic N) is 1. The molecule has 2 aromatic rings. The topological polar surface area (TPSA) is 49.5 Å². The van der Waals surface area contributed by atoms with E-state index in [0.29, 0.717) is 16.9 Å². The van der Waals surface area contributed by atoms with Crippen LogP contribution in [0.2, 0.25) is 0 Å². The molecule has 0 bridgehead atoms. The Hall–Kier alpha value is -2.07. The zero-order valence-corrected chi connectivity index (χ0v) is 11.0. The van der Waals surface area contributed by atoms with Crippen LogP contribution in [0.4, 0.5) is 15.8 Å². The van der Waals surface area contributed by atoms with Crippen LogP contribution in [0.5, 0.6) is 5.75 Å². The molecule has 0 aliphatic heterocycles. The Bertz CT molecular complexity index is 584. The first-order valence-electron chi connectivity index (χ1n) is 6.07. The van der Waals surface area contributed by atoms with Gasteiger partial charge in [0.1, 0.15) is 11.6 Å². The maximum atomic E-state index is 13.7. The Kier molecular flexibility index (Phi) is 3.71. The highest BCUT2D eigenvalue weighted by atomic mass is 19.1. The van der Waals surface area contributed by atoms with E-state index in [0.717, 1.165) is 0 Å². The highest BCUT2D eigenvalue weighted by molar-refractivity contribution is 5.65.